The summed E-state index contributed by atoms with van der Waals surface area (Å²) in [6.45, 7) is 0. The molecule has 0 bridgehead atoms. The van der Waals surface area contributed by atoms with E-state index < -0.39 is 0 Å². The van der Waals surface area contributed by atoms with Crippen LogP contribution in [-0.2, 0) is 0 Å². The molecule has 0 aliphatic rings. The van der Waals surface area contributed by atoms with E-state index >= 15 is 0 Å². The number of methoxy groups -OCH3 is 4. The van der Waals surface area contributed by atoms with Crippen LogP contribution in [0.25, 0.3) is 39.0 Å². The van der Waals surface area contributed by atoms with Gasteiger partial charge in [0, 0.05) is 9.75 Å². The molecule has 11 heteroatoms. The molecule has 0 atom stereocenters. The Kier molecular flexibility index (Phi) is 10.1. The van der Waals surface area contributed by atoms with E-state index in [1.807, 2.05) is 12.1 Å². The molecular weight excluding hydrogens is 526 g/mol. The zero-order valence-corrected chi connectivity index (χ0v) is 24.2. The average Bonchev–Trinajstić information content (AvgIpc) is 3.66. The van der Waals surface area contributed by atoms with Crippen molar-refractivity contribution in [3.8, 4) is 62.0 Å². The molecule has 0 spiro atoms. The third-order valence-corrected chi connectivity index (χ3v) is 10.6. The van der Waals surface area contributed by atoms with Gasteiger partial charge in [-0.15, -0.1) is 56.9 Å². The van der Waals surface area contributed by atoms with E-state index in [2.05, 4.69) is 35.0 Å². The molecule has 35 heavy (non-hydrogen) atoms. The van der Waals surface area contributed by atoms with Gasteiger partial charge in [0.2, 0.25) is 0 Å². The molecule has 5 rings (SSSR count). The number of thiophene rings is 5. The fourth-order valence-corrected chi connectivity index (χ4v) is 8.61. The Morgan fingerprint density at radius 2 is 0.914 bits per heavy atom. The second-order valence-corrected chi connectivity index (χ2v) is 11.6. The zero-order chi connectivity index (χ0) is 22.9. The van der Waals surface area contributed by atoms with E-state index in [9.17, 15) is 0 Å². The number of hydrogen-bond donors (Lipinski definition) is 0. The van der Waals surface area contributed by atoms with Crippen LogP contribution in [0.4, 0.5) is 0 Å². The van der Waals surface area contributed by atoms with E-state index in [0.717, 1.165) is 62.0 Å². The molecule has 5 heterocycles. The van der Waals surface area contributed by atoms with Crippen molar-refractivity contribution in [1.82, 2.24) is 0 Å². The SMILES string of the molecule is COc1c[c-]sc1-c1cc(OC)c(-c2ccc(-c3sc(-c4s[c-]cc4OC)cc3OC)s2)s1.[Li+].[Li+]. The summed E-state index contributed by atoms with van der Waals surface area (Å²) in [5.74, 6) is 3.38. The van der Waals surface area contributed by atoms with Crippen LogP contribution in [-0.4, -0.2) is 28.4 Å². The molecule has 5 aromatic rings. The number of hydrogen-bond acceptors (Lipinski definition) is 9. The van der Waals surface area contributed by atoms with Crippen molar-refractivity contribution in [1.29, 1.82) is 0 Å². The van der Waals surface area contributed by atoms with Crippen molar-refractivity contribution < 1.29 is 56.7 Å². The van der Waals surface area contributed by atoms with Gasteiger partial charge in [0.15, 0.2) is 0 Å². The first kappa shape index (κ1) is 28.5. The molecule has 0 unspecified atom stereocenters. The van der Waals surface area contributed by atoms with Gasteiger partial charge < -0.3 is 18.9 Å². The minimum absolute atomic E-state index is 0. The van der Waals surface area contributed by atoms with Crippen LogP contribution in [0.3, 0.4) is 0 Å². The second-order valence-electron chi connectivity index (χ2n) is 6.70. The Balaban J connectivity index is 0.00000171. The summed E-state index contributed by atoms with van der Waals surface area (Å²) in [5.41, 5.74) is 0. The van der Waals surface area contributed by atoms with Gasteiger partial charge in [0.1, 0.15) is 11.5 Å². The first-order chi connectivity index (χ1) is 16.2. The summed E-state index contributed by atoms with van der Waals surface area (Å²) in [6.07, 6.45) is 0. The van der Waals surface area contributed by atoms with Crippen molar-refractivity contribution in [3.63, 3.8) is 0 Å². The van der Waals surface area contributed by atoms with Crippen molar-refractivity contribution in [2.24, 2.45) is 0 Å². The Morgan fingerprint density at radius 3 is 1.29 bits per heavy atom. The third-order valence-electron chi connectivity index (χ3n) is 4.93. The average molecular weight is 545 g/mol. The van der Waals surface area contributed by atoms with Crippen LogP contribution in [0.5, 0.6) is 23.0 Å². The zero-order valence-electron chi connectivity index (χ0n) is 20.1. The van der Waals surface area contributed by atoms with Gasteiger partial charge >= 0.3 is 37.7 Å². The molecule has 0 fully saturated rings. The van der Waals surface area contributed by atoms with Crippen molar-refractivity contribution in [2.45, 2.75) is 0 Å². The van der Waals surface area contributed by atoms with Crippen LogP contribution >= 0.6 is 56.7 Å². The van der Waals surface area contributed by atoms with Crippen LogP contribution in [0.1, 0.15) is 0 Å². The largest absolute Gasteiger partial charge is 1.00 e. The maximum atomic E-state index is 5.72. The molecule has 0 aromatic carbocycles. The summed E-state index contributed by atoms with van der Waals surface area (Å²) in [6, 6.07) is 12.2. The van der Waals surface area contributed by atoms with Gasteiger partial charge in [-0.3, -0.25) is 22.7 Å². The molecule has 5 aromatic heterocycles. The van der Waals surface area contributed by atoms with Gasteiger partial charge in [-0.25, -0.2) is 0 Å². The van der Waals surface area contributed by atoms with Crippen LogP contribution in [0.15, 0.2) is 36.4 Å². The number of rotatable bonds is 8. The van der Waals surface area contributed by atoms with Crippen LogP contribution < -0.4 is 56.7 Å². The fraction of sp³-hybridized carbons (Fsp3) is 0.167. The van der Waals surface area contributed by atoms with Crippen LogP contribution in [0.2, 0.25) is 0 Å². The minimum Gasteiger partial charge on any atom is -0.564 e. The fourth-order valence-electron chi connectivity index (χ4n) is 3.36. The normalized spacial score (nSPS) is 10.4. The van der Waals surface area contributed by atoms with E-state index in [1.54, 1.807) is 85.1 Å². The molecule has 0 saturated carbocycles. The molecule has 0 N–H and O–H groups in total. The molecule has 0 saturated heterocycles. The molecule has 0 aliphatic heterocycles. The van der Waals surface area contributed by atoms with Crippen molar-refractivity contribution in [2.75, 3.05) is 28.4 Å². The molecule has 0 aliphatic carbocycles. The van der Waals surface area contributed by atoms with E-state index in [4.69, 9.17) is 18.9 Å². The van der Waals surface area contributed by atoms with Crippen LogP contribution in [0, 0.1) is 10.8 Å². The molecule has 0 radical (unpaired) electrons. The standard InChI is InChI=1S/C24H18O4S5.2Li/c1-25-13-7-9-29-21(13)19-11-15(27-3)23(32-19)17-5-6-18(31-17)24-16(28-4)12-20(33-24)22-14(26-2)8-10-30-22;;/h5-8,11-12H,1-4H3;;/q-2;2*+1. The van der Waals surface area contributed by atoms with Crippen molar-refractivity contribution in [3.05, 3.63) is 47.2 Å². The minimum atomic E-state index is 0. The summed E-state index contributed by atoms with van der Waals surface area (Å²) in [7, 11) is 6.79. The topological polar surface area (TPSA) is 36.9 Å². The quantitative estimate of drug-likeness (QED) is 0.222. The predicted octanol–water partition coefficient (Wildman–Crippen LogP) is 2.30. The molecule has 0 amide bonds. The summed E-state index contributed by atoms with van der Waals surface area (Å²) >= 11 is 8.22. The Hall–Kier alpha value is -1.11. The predicted molar refractivity (Wildman–Crippen MR) is 141 cm³/mol. The van der Waals surface area contributed by atoms with E-state index in [0.29, 0.717) is 0 Å². The van der Waals surface area contributed by atoms with Gasteiger partial charge in [0.25, 0.3) is 0 Å². The summed E-state index contributed by atoms with van der Waals surface area (Å²) in [5, 5.41) is 6.31. The number of ether oxygens (including phenoxy) is 4. The third kappa shape index (κ3) is 5.45. The van der Waals surface area contributed by atoms with E-state index in [-0.39, 0.29) is 37.7 Å². The Labute approximate surface area is 248 Å². The summed E-state index contributed by atoms with van der Waals surface area (Å²) in [4.78, 5) is 8.85. The van der Waals surface area contributed by atoms with Gasteiger partial charge in [-0.05, 0) is 45.5 Å². The van der Waals surface area contributed by atoms with Gasteiger partial charge in [0.05, 0.1) is 38.2 Å². The maximum Gasteiger partial charge on any atom is 1.00 e. The Morgan fingerprint density at radius 1 is 0.514 bits per heavy atom. The molecule has 4 nitrogen and oxygen atoms in total. The van der Waals surface area contributed by atoms with Gasteiger partial charge in [-0.1, -0.05) is 9.75 Å². The first-order valence-electron chi connectivity index (χ1n) is 9.71. The molecular formula is C24H18Li2O4S5. The Bertz CT molecular complexity index is 1290. The summed E-state index contributed by atoms with van der Waals surface area (Å²) < 4.78 is 22.4. The second kappa shape index (κ2) is 12.4. The first-order valence-corrected chi connectivity index (χ1v) is 13.8. The van der Waals surface area contributed by atoms with Crippen molar-refractivity contribution >= 4 is 56.7 Å². The maximum absolute atomic E-state index is 5.72. The van der Waals surface area contributed by atoms with Gasteiger partial charge in [-0.2, -0.15) is 0 Å². The van der Waals surface area contributed by atoms with E-state index in [1.165, 1.54) is 0 Å². The smallest absolute Gasteiger partial charge is 0.564 e. The monoisotopic (exact) mass is 544 g/mol. The molecule has 170 valence electrons.